The average molecular weight is 616 g/mol. The van der Waals surface area contributed by atoms with E-state index in [2.05, 4.69) is 39.1 Å². The van der Waals surface area contributed by atoms with E-state index in [1.54, 1.807) is 35.5 Å². The van der Waals surface area contributed by atoms with Crippen molar-refractivity contribution in [1.29, 1.82) is 0 Å². The standard InChI is InChI=1S/C30H30ClN9O2S/c1-3-6-22-19(4-2)36-30(43-22)38-27(41)18-10-8-17(9-11-18)23-24-25(32)33-14-16-40(24)26(37-23)21-7-5-15-39(21)28(42)20-12-13-34-29(31)35-20/h8-14,16,21H,3-7,15H2,1-2H3,(H2,32,33)(H,36,38,41). The molecule has 13 heteroatoms. The van der Waals surface area contributed by atoms with Crippen LogP contribution in [-0.4, -0.2) is 52.6 Å². The number of thiazole rings is 1. The highest BCUT2D eigenvalue weighted by Gasteiger charge is 2.35. The van der Waals surface area contributed by atoms with Gasteiger partial charge in [-0.3, -0.25) is 19.3 Å². The van der Waals surface area contributed by atoms with Crippen molar-refractivity contribution < 1.29 is 9.59 Å². The molecule has 1 fully saturated rings. The number of carbonyl (C=O) groups excluding carboxylic acids is 2. The quantitative estimate of drug-likeness (QED) is 0.214. The molecule has 1 unspecified atom stereocenters. The number of rotatable bonds is 8. The molecule has 3 N–H and O–H groups in total. The van der Waals surface area contributed by atoms with Gasteiger partial charge in [0.1, 0.15) is 28.5 Å². The molecule has 5 heterocycles. The molecule has 4 aromatic heterocycles. The van der Waals surface area contributed by atoms with Gasteiger partial charge in [0.2, 0.25) is 5.28 Å². The van der Waals surface area contributed by atoms with Crippen molar-refractivity contribution in [3.05, 3.63) is 81.9 Å². The topological polar surface area (TPSA) is 144 Å². The van der Waals surface area contributed by atoms with E-state index in [0.717, 1.165) is 43.4 Å². The van der Waals surface area contributed by atoms with Gasteiger partial charge in [0, 0.05) is 41.1 Å². The number of aromatic nitrogens is 6. The number of likely N-dealkylation sites (tertiary alicyclic amines) is 1. The Hall–Kier alpha value is -4.42. The lowest BCUT2D eigenvalue weighted by atomic mass is 10.1. The minimum Gasteiger partial charge on any atom is -0.382 e. The van der Waals surface area contributed by atoms with Crippen LogP contribution in [0.15, 0.2) is 48.9 Å². The normalized spacial score (nSPS) is 14.9. The lowest BCUT2D eigenvalue weighted by molar-refractivity contribution is 0.0723. The minimum absolute atomic E-state index is 0.0183. The lowest BCUT2D eigenvalue weighted by Gasteiger charge is -2.23. The monoisotopic (exact) mass is 615 g/mol. The third kappa shape index (κ3) is 5.55. The second-order valence-electron chi connectivity index (χ2n) is 10.2. The van der Waals surface area contributed by atoms with Gasteiger partial charge in [-0.25, -0.2) is 24.9 Å². The number of halogens is 1. The number of imidazole rings is 1. The molecule has 220 valence electrons. The Morgan fingerprint density at radius 3 is 2.65 bits per heavy atom. The molecule has 11 nitrogen and oxygen atoms in total. The first-order valence-corrected chi connectivity index (χ1v) is 15.4. The Labute approximate surface area is 257 Å². The fourth-order valence-electron chi connectivity index (χ4n) is 5.49. The van der Waals surface area contributed by atoms with E-state index >= 15 is 0 Å². The van der Waals surface area contributed by atoms with E-state index in [9.17, 15) is 9.59 Å². The zero-order valence-corrected chi connectivity index (χ0v) is 25.3. The largest absolute Gasteiger partial charge is 0.382 e. The number of hydrogen-bond acceptors (Lipinski definition) is 9. The van der Waals surface area contributed by atoms with Crippen molar-refractivity contribution in [3.8, 4) is 11.3 Å². The fourth-order valence-corrected chi connectivity index (χ4v) is 6.78. The molecule has 0 saturated carbocycles. The third-order valence-corrected chi connectivity index (χ3v) is 8.75. The van der Waals surface area contributed by atoms with Crippen LogP contribution in [0.4, 0.5) is 10.9 Å². The van der Waals surface area contributed by atoms with Crippen molar-refractivity contribution in [3.63, 3.8) is 0 Å². The van der Waals surface area contributed by atoms with Crippen LogP contribution in [0.5, 0.6) is 0 Å². The average Bonchev–Trinajstić information content (AvgIpc) is 3.74. The zero-order chi connectivity index (χ0) is 30.1. The summed E-state index contributed by atoms with van der Waals surface area (Å²) in [5.74, 6) is 0.517. The summed E-state index contributed by atoms with van der Waals surface area (Å²) in [6.07, 6.45) is 9.22. The van der Waals surface area contributed by atoms with Crippen LogP contribution in [0.2, 0.25) is 5.28 Å². The molecule has 1 atom stereocenters. The number of nitrogens with zero attached hydrogens (tertiary/aromatic N) is 7. The predicted octanol–water partition coefficient (Wildman–Crippen LogP) is 5.62. The van der Waals surface area contributed by atoms with Crippen molar-refractivity contribution in [2.75, 3.05) is 17.6 Å². The number of carbonyl (C=O) groups is 2. The van der Waals surface area contributed by atoms with Gasteiger partial charge in [0.25, 0.3) is 11.8 Å². The molecule has 1 saturated heterocycles. The van der Waals surface area contributed by atoms with Crippen molar-refractivity contribution >= 4 is 51.2 Å². The van der Waals surface area contributed by atoms with Crippen LogP contribution < -0.4 is 11.1 Å². The molecular formula is C30H30ClN9O2S. The molecule has 0 aliphatic carbocycles. The van der Waals surface area contributed by atoms with E-state index in [1.165, 1.54) is 22.4 Å². The van der Waals surface area contributed by atoms with Gasteiger partial charge in [-0.1, -0.05) is 32.4 Å². The number of nitrogen functional groups attached to an aromatic ring is 1. The number of benzene rings is 1. The summed E-state index contributed by atoms with van der Waals surface area (Å²) in [5, 5.41) is 3.57. The Bertz CT molecular complexity index is 1820. The summed E-state index contributed by atoms with van der Waals surface area (Å²) >= 11 is 7.49. The van der Waals surface area contributed by atoms with Crippen molar-refractivity contribution in [2.24, 2.45) is 0 Å². The maximum absolute atomic E-state index is 13.4. The summed E-state index contributed by atoms with van der Waals surface area (Å²) in [7, 11) is 0. The number of fused-ring (bicyclic) bond motifs is 1. The summed E-state index contributed by atoms with van der Waals surface area (Å²) in [6.45, 7) is 4.76. The minimum atomic E-state index is -0.307. The summed E-state index contributed by atoms with van der Waals surface area (Å²) in [6, 6.07) is 8.45. The maximum Gasteiger partial charge on any atom is 0.273 e. The van der Waals surface area contributed by atoms with Crippen LogP contribution in [0.1, 0.15) is 76.4 Å². The van der Waals surface area contributed by atoms with Gasteiger partial charge in [0.05, 0.1) is 11.7 Å². The fraction of sp³-hybridized carbons (Fsp3) is 0.300. The molecule has 6 rings (SSSR count). The predicted molar refractivity (Wildman–Crippen MR) is 166 cm³/mol. The Kier molecular flexibility index (Phi) is 8.04. The number of amides is 2. The van der Waals surface area contributed by atoms with Gasteiger partial charge >= 0.3 is 0 Å². The first-order valence-electron chi connectivity index (χ1n) is 14.2. The molecule has 1 aromatic carbocycles. The van der Waals surface area contributed by atoms with E-state index in [-0.39, 0.29) is 28.8 Å². The highest BCUT2D eigenvalue weighted by Crippen LogP contribution is 2.37. The first kappa shape index (κ1) is 28.7. The molecular weight excluding hydrogens is 586 g/mol. The van der Waals surface area contributed by atoms with Crippen LogP contribution in [0.25, 0.3) is 16.8 Å². The van der Waals surface area contributed by atoms with Gasteiger partial charge in [0.15, 0.2) is 5.13 Å². The van der Waals surface area contributed by atoms with E-state index in [1.807, 2.05) is 16.5 Å². The SMILES string of the molecule is CCCc1sc(NC(=O)c2ccc(-c3nc(C4CCCN4C(=O)c4ccnc(Cl)n4)n4ccnc(N)c34)cc2)nc1CC. The second-order valence-corrected chi connectivity index (χ2v) is 11.7. The van der Waals surface area contributed by atoms with E-state index in [0.29, 0.717) is 40.1 Å². The molecule has 2 amide bonds. The van der Waals surface area contributed by atoms with Crippen LogP contribution in [0, 0.1) is 0 Å². The molecule has 5 aromatic rings. The molecule has 1 aliphatic heterocycles. The molecule has 43 heavy (non-hydrogen) atoms. The van der Waals surface area contributed by atoms with Gasteiger partial charge in [-0.2, -0.15) is 0 Å². The molecule has 0 spiro atoms. The van der Waals surface area contributed by atoms with Gasteiger partial charge < -0.3 is 10.6 Å². The van der Waals surface area contributed by atoms with Crippen LogP contribution >= 0.6 is 22.9 Å². The summed E-state index contributed by atoms with van der Waals surface area (Å²) < 4.78 is 1.89. The van der Waals surface area contributed by atoms with E-state index in [4.69, 9.17) is 22.3 Å². The Morgan fingerprint density at radius 1 is 1.09 bits per heavy atom. The van der Waals surface area contributed by atoms with Crippen molar-refractivity contribution in [2.45, 2.75) is 52.0 Å². The van der Waals surface area contributed by atoms with Gasteiger partial charge in [-0.15, -0.1) is 11.3 Å². The number of aryl methyl sites for hydroxylation is 2. The number of hydrogen-bond donors (Lipinski definition) is 2. The molecule has 0 radical (unpaired) electrons. The van der Waals surface area contributed by atoms with E-state index < -0.39 is 0 Å². The van der Waals surface area contributed by atoms with Crippen molar-refractivity contribution in [1.82, 2.24) is 34.2 Å². The summed E-state index contributed by atoms with van der Waals surface area (Å²) in [4.78, 5) is 51.4. The highest BCUT2D eigenvalue weighted by atomic mass is 35.5. The summed E-state index contributed by atoms with van der Waals surface area (Å²) in [5.41, 5.74) is 10.2. The maximum atomic E-state index is 13.4. The third-order valence-electron chi connectivity index (χ3n) is 7.50. The zero-order valence-electron chi connectivity index (χ0n) is 23.7. The number of nitrogens with one attached hydrogen (secondary N) is 1. The highest BCUT2D eigenvalue weighted by molar-refractivity contribution is 7.15. The lowest BCUT2D eigenvalue weighted by Crippen LogP contribution is -2.32. The first-order chi connectivity index (χ1) is 20.9. The van der Waals surface area contributed by atoms with Crippen LogP contribution in [-0.2, 0) is 12.8 Å². The van der Waals surface area contributed by atoms with Gasteiger partial charge in [-0.05, 0) is 55.5 Å². The van der Waals surface area contributed by atoms with Crippen LogP contribution in [0.3, 0.4) is 0 Å². The Balaban J connectivity index is 1.30. The molecule has 1 aliphatic rings. The smallest absolute Gasteiger partial charge is 0.273 e. The molecule has 0 bridgehead atoms. The second kappa shape index (κ2) is 12.1. The number of nitrogens with two attached hydrogens (primary N) is 1. The number of anilines is 2. The Morgan fingerprint density at radius 2 is 1.91 bits per heavy atom.